The SMILES string of the molecule is O=C(O)NCC1CCN(c2ccc(Br)cc2[N+](=O)[O-])CC1. The second-order valence-electron chi connectivity index (χ2n) is 5.01. The fourth-order valence-corrected chi connectivity index (χ4v) is 2.87. The maximum Gasteiger partial charge on any atom is 0.404 e. The van der Waals surface area contributed by atoms with Crippen LogP contribution in [0.5, 0.6) is 0 Å². The predicted molar refractivity (Wildman–Crippen MR) is 81.8 cm³/mol. The van der Waals surface area contributed by atoms with Crippen molar-refractivity contribution in [1.82, 2.24) is 5.32 Å². The van der Waals surface area contributed by atoms with Crippen LogP contribution in [0.15, 0.2) is 22.7 Å². The van der Waals surface area contributed by atoms with Crippen molar-refractivity contribution in [3.05, 3.63) is 32.8 Å². The van der Waals surface area contributed by atoms with E-state index in [0.717, 1.165) is 12.8 Å². The van der Waals surface area contributed by atoms with Gasteiger partial charge in [-0.1, -0.05) is 15.9 Å². The fraction of sp³-hybridized carbons (Fsp3) is 0.462. The van der Waals surface area contributed by atoms with Gasteiger partial charge in [-0.15, -0.1) is 0 Å². The Bertz CT molecular complexity index is 544. The molecule has 8 heteroatoms. The molecule has 0 atom stereocenters. The van der Waals surface area contributed by atoms with Crippen LogP contribution in [0.1, 0.15) is 12.8 Å². The summed E-state index contributed by atoms with van der Waals surface area (Å²) in [6, 6.07) is 5.05. The Hall–Kier alpha value is -1.83. The van der Waals surface area contributed by atoms with Gasteiger partial charge in [0.2, 0.25) is 0 Å². The zero-order valence-electron chi connectivity index (χ0n) is 11.3. The number of benzene rings is 1. The number of hydrogen-bond acceptors (Lipinski definition) is 4. The zero-order valence-corrected chi connectivity index (χ0v) is 12.9. The van der Waals surface area contributed by atoms with Crippen molar-refractivity contribution in [3.8, 4) is 0 Å². The summed E-state index contributed by atoms with van der Waals surface area (Å²) in [7, 11) is 0. The van der Waals surface area contributed by atoms with Gasteiger partial charge in [-0.25, -0.2) is 4.79 Å². The average Bonchev–Trinajstić information content (AvgIpc) is 2.45. The molecule has 21 heavy (non-hydrogen) atoms. The van der Waals surface area contributed by atoms with Crippen LogP contribution in [0, 0.1) is 16.0 Å². The zero-order chi connectivity index (χ0) is 15.4. The Labute approximate surface area is 130 Å². The van der Waals surface area contributed by atoms with E-state index in [1.165, 1.54) is 6.07 Å². The third-order valence-corrected chi connectivity index (χ3v) is 4.12. The molecule has 1 heterocycles. The van der Waals surface area contributed by atoms with E-state index in [-0.39, 0.29) is 16.5 Å². The first-order chi connectivity index (χ1) is 9.97. The minimum Gasteiger partial charge on any atom is -0.465 e. The quantitative estimate of drug-likeness (QED) is 0.637. The fourth-order valence-electron chi connectivity index (χ4n) is 2.52. The van der Waals surface area contributed by atoms with Gasteiger partial charge in [0.25, 0.3) is 5.69 Å². The Morgan fingerprint density at radius 1 is 1.48 bits per heavy atom. The Balaban J connectivity index is 2.02. The van der Waals surface area contributed by atoms with E-state index < -0.39 is 6.09 Å². The first-order valence-electron chi connectivity index (χ1n) is 6.63. The number of nitro benzene ring substituents is 1. The number of halogens is 1. The topological polar surface area (TPSA) is 95.7 Å². The number of nitrogens with one attached hydrogen (secondary N) is 1. The number of amides is 1. The Kier molecular flexibility index (Phi) is 5.00. The normalized spacial score (nSPS) is 15.8. The number of piperidine rings is 1. The summed E-state index contributed by atoms with van der Waals surface area (Å²) in [4.78, 5) is 23.2. The van der Waals surface area contributed by atoms with Crippen molar-refractivity contribution >= 4 is 33.4 Å². The molecule has 1 fully saturated rings. The van der Waals surface area contributed by atoms with Gasteiger partial charge in [0.15, 0.2) is 0 Å². The van der Waals surface area contributed by atoms with Crippen LogP contribution in [-0.2, 0) is 0 Å². The molecule has 0 radical (unpaired) electrons. The summed E-state index contributed by atoms with van der Waals surface area (Å²) in [6.07, 6.45) is 0.613. The van der Waals surface area contributed by atoms with Crippen LogP contribution in [0.2, 0.25) is 0 Å². The third-order valence-electron chi connectivity index (χ3n) is 3.63. The molecule has 0 bridgehead atoms. The van der Waals surface area contributed by atoms with Crippen LogP contribution in [0.4, 0.5) is 16.2 Å². The average molecular weight is 358 g/mol. The van der Waals surface area contributed by atoms with Crippen molar-refractivity contribution in [2.45, 2.75) is 12.8 Å². The molecular weight excluding hydrogens is 342 g/mol. The second-order valence-corrected chi connectivity index (χ2v) is 5.92. The summed E-state index contributed by atoms with van der Waals surface area (Å²) in [5.74, 6) is 0.284. The van der Waals surface area contributed by atoms with E-state index in [4.69, 9.17) is 5.11 Å². The largest absolute Gasteiger partial charge is 0.465 e. The standard InChI is InChI=1S/C13H16BrN3O4/c14-10-1-2-11(12(7-10)17(20)21)16-5-3-9(4-6-16)8-15-13(18)19/h1-2,7,9,15H,3-6,8H2,(H,18,19). The summed E-state index contributed by atoms with van der Waals surface area (Å²) in [5, 5.41) is 22.1. The number of carbonyl (C=O) groups is 1. The molecule has 1 aliphatic rings. The van der Waals surface area contributed by atoms with Crippen molar-refractivity contribution < 1.29 is 14.8 Å². The molecule has 2 N–H and O–H groups in total. The minimum absolute atomic E-state index is 0.0893. The smallest absolute Gasteiger partial charge is 0.404 e. The molecule has 0 unspecified atom stereocenters. The molecular formula is C13H16BrN3O4. The maximum atomic E-state index is 11.1. The summed E-state index contributed by atoms with van der Waals surface area (Å²) in [5.41, 5.74) is 0.708. The van der Waals surface area contributed by atoms with Crippen molar-refractivity contribution in [3.63, 3.8) is 0 Å². The highest BCUT2D eigenvalue weighted by Crippen LogP contribution is 2.33. The lowest BCUT2D eigenvalue weighted by atomic mass is 9.96. The van der Waals surface area contributed by atoms with E-state index in [1.807, 2.05) is 4.90 Å². The number of nitrogens with zero attached hydrogens (tertiary/aromatic N) is 2. The predicted octanol–water partition coefficient (Wildman–Crippen LogP) is 2.84. The van der Waals surface area contributed by atoms with Crippen LogP contribution in [0.25, 0.3) is 0 Å². The lowest BCUT2D eigenvalue weighted by Crippen LogP contribution is -2.38. The monoisotopic (exact) mass is 357 g/mol. The van der Waals surface area contributed by atoms with E-state index >= 15 is 0 Å². The van der Waals surface area contributed by atoms with Crippen molar-refractivity contribution in [2.75, 3.05) is 24.5 Å². The molecule has 1 aromatic carbocycles. The molecule has 0 spiro atoms. The highest BCUT2D eigenvalue weighted by atomic mass is 79.9. The van der Waals surface area contributed by atoms with Crippen LogP contribution < -0.4 is 10.2 Å². The summed E-state index contributed by atoms with van der Waals surface area (Å²) >= 11 is 3.25. The second kappa shape index (κ2) is 6.75. The van der Waals surface area contributed by atoms with Crippen LogP contribution >= 0.6 is 15.9 Å². The van der Waals surface area contributed by atoms with Gasteiger partial charge >= 0.3 is 6.09 Å². The molecule has 2 rings (SSSR count). The number of nitro groups is 1. The van der Waals surface area contributed by atoms with Gasteiger partial charge in [0.05, 0.1) is 4.92 Å². The van der Waals surface area contributed by atoms with Gasteiger partial charge in [0.1, 0.15) is 5.69 Å². The van der Waals surface area contributed by atoms with E-state index in [1.54, 1.807) is 12.1 Å². The van der Waals surface area contributed by atoms with Gasteiger partial charge < -0.3 is 15.3 Å². The number of carboxylic acid groups (broad SMARTS) is 1. The third kappa shape index (κ3) is 4.07. The first kappa shape index (κ1) is 15.6. The van der Waals surface area contributed by atoms with E-state index in [9.17, 15) is 14.9 Å². The van der Waals surface area contributed by atoms with Gasteiger partial charge in [-0.3, -0.25) is 10.1 Å². The number of rotatable bonds is 4. The Morgan fingerprint density at radius 2 is 2.14 bits per heavy atom. The van der Waals surface area contributed by atoms with Gasteiger partial charge in [-0.05, 0) is 30.9 Å². The van der Waals surface area contributed by atoms with E-state index in [0.29, 0.717) is 29.8 Å². The number of hydrogen-bond donors (Lipinski definition) is 2. The molecule has 1 aliphatic heterocycles. The first-order valence-corrected chi connectivity index (χ1v) is 7.42. The van der Waals surface area contributed by atoms with Crippen molar-refractivity contribution in [1.29, 1.82) is 0 Å². The Morgan fingerprint density at radius 3 is 2.71 bits per heavy atom. The van der Waals surface area contributed by atoms with Gasteiger partial charge in [0, 0.05) is 30.2 Å². The lowest BCUT2D eigenvalue weighted by Gasteiger charge is -2.33. The molecule has 0 saturated carbocycles. The van der Waals surface area contributed by atoms with Crippen LogP contribution in [-0.4, -0.2) is 35.8 Å². The molecule has 1 amide bonds. The summed E-state index contributed by atoms with van der Waals surface area (Å²) in [6.45, 7) is 1.81. The van der Waals surface area contributed by atoms with Gasteiger partial charge in [-0.2, -0.15) is 0 Å². The molecule has 7 nitrogen and oxygen atoms in total. The van der Waals surface area contributed by atoms with Crippen LogP contribution in [0.3, 0.4) is 0 Å². The highest BCUT2D eigenvalue weighted by Gasteiger charge is 2.25. The molecule has 0 aliphatic carbocycles. The molecule has 114 valence electrons. The summed E-state index contributed by atoms with van der Waals surface area (Å²) < 4.78 is 0.679. The molecule has 1 aromatic rings. The number of anilines is 1. The maximum absolute atomic E-state index is 11.1. The van der Waals surface area contributed by atoms with E-state index in [2.05, 4.69) is 21.2 Å². The molecule has 0 aromatic heterocycles. The minimum atomic E-state index is -1.01. The highest BCUT2D eigenvalue weighted by molar-refractivity contribution is 9.10. The molecule has 1 saturated heterocycles. The lowest BCUT2D eigenvalue weighted by molar-refractivity contribution is -0.384. The van der Waals surface area contributed by atoms with Crippen molar-refractivity contribution in [2.24, 2.45) is 5.92 Å².